The molecule has 1 aliphatic heterocycles. The van der Waals surface area contributed by atoms with Crippen LogP contribution in [0.3, 0.4) is 0 Å². The summed E-state index contributed by atoms with van der Waals surface area (Å²) in [4.78, 5) is 12.6. The summed E-state index contributed by atoms with van der Waals surface area (Å²) >= 11 is 6.07. The van der Waals surface area contributed by atoms with Gasteiger partial charge in [0.25, 0.3) is 5.69 Å². The van der Waals surface area contributed by atoms with Crippen LogP contribution in [-0.4, -0.2) is 35.0 Å². The van der Waals surface area contributed by atoms with Gasteiger partial charge in [0.05, 0.1) is 15.6 Å². The number of nitro benzene ring substituents is 1. The van der Waals surface area contributed by atoms with E-state index < -0.39 is 4.92 Å². The second kappa shape index (κ2) is 5.75. The molecule has 0 aromatic heterocycles. The average molecular weight is 284 g/mol. The zero-order valence-electron chi connectivity index (χ0n) is 11.1. The van der Waals surface area contributed by atoms with Gasteiger partial charge < -0.3 is 5.32 Å². The molecule has 1 aromatic carbocycles. The van der Waals surface area contributed by atoms with E-state index in [2.05, 4.69) is 24.1 Å². The third-order valence-electron chi connectivity index (χ3n) is 3.47. The summed E-state index contributed by atoms with van der Waals surface area (Å²) in [7, 11) is 0. The SMILES string of the molecule is CC(C)N1CCC(Nc2ccc([N+](=O)[O-])cc2Cl)C1. The number of likely N-dealkylation sites (tertiary alicyclic amines) is 1. The molecule has 104 valence electrons. The second-order valence-electron chi connectivity index (χ2n) is 5.14. The molecule has 6 heteroatoms. The van der Waals surface area contributed by atoms with E-state index in [1.807, 2.05) is 0 Å². The number of halogens is 1. The summed E-state index contributed by atoms with van der Waals surface area (Å²) in [6.07, 6.45) is 1.06. The van der Waals surface area contributed by atoms with E-state index in [1.165, 1.54) is 12.1 Å². The van der Waals surface area contributed by atoms with E-state index in [9.17, 15) is 10.1 Å². The maximum atomic E-state index is 10.6. The van der Waals surface area contributed by atoms with E-state index in [-0.39, 0.29) is 5.69 Å². The predicted molar refractivity (Wildman–Crippen MR) is 76.8 cm³/mol. The van der Waals surface area contributed by atoms with Crippen LogP contribution in [0.2, 0.25) is 5.02 Å². The molecular weight excluding hydrogens is 266 g/mol. The van der Waals surface area contributed by atoms with Crippen LogP contribution in [0.15, 0.2) is 18.2 Å². The largest absolute Gasteiger partial charge is 0.380 e. The number of nitrogens with one attached hydrogen (secondary N) is 1. The normalized spacial score (nSPS) is 19.9. The van der Waals surface area contributed by atoms with Crippen molar-refractivity contribution in [3.63, 3.8) is 0 Å². The van der Waals surface area contributed by atoms with E-state index >= 15 is 0 Å². The molecule has 1 atom stereocenters. The number of hydrogen-bond acceptors (Lipinski definition) is 4. The maximum absolute atomic E-state index is 10.6. The van der Waals surface area contributed by atoms with Gasteiger partial charge in [-0.15, -0.1) is 0 Å². The number of rotatable bonds is 4. The minimum absolute atomic E-state index is 0.0192. The van der Waals surface area contributed by atoms with Gasteiger partial charge in [-0.05, 0) is 26.3 Å². The number of hydrogen-bond donors (Lipinski definition) is 1. The summed E-state index contributed by atoms with van der Waals surface area (Å²) in [6, 6.07) is 5.43. The number of benzene rings is 1. The molecule has 0 amide bonds. The molecule has 1 fully saturated rings. The molecule has 1 N–H and O–H groups in total. The zero-order chi connectivity index (χ0) is 14.0. The number of anilines is 1. The second-order valence-corrected chi connectivity index (χ2v) is 5.55. The highest BCUT2D eigenvalue weighted by atomic mass is 35.5. The summed E-state index contributed by atoms with van der Waals surface area (Å²) < 4.78 is 0. The van der Waals surface area contributed by atoms with Gasteiger partial charge in [0.15, 0.2) is 0 Å². The van der Waals surface area contributed by atoms with Crippen molar-refractivity contribution >= 4 is 23.0 Å². The molecule has 0 spiro atoms. The Morgan fingerprint density at radius 1 is 1.53 bits per heavy atom. The first-order valence-corrected chi connectivity index (χ1v) is 6.79. The smallest absolute Gasteiger partial charge is 0.271 e. The lowest BCUT2D eigenvalue weighted by molar-refractivity contribution is -0.384. The van der Waals surface area contributed by atoms with Gasteiger partial charge in [-0.1, -0.05) is 11.6 Å². The van der Waals surface area contributed by atoms with E-state index in [0.29, 0.717) is 17.1 Å². The lowest BCUT2D eigenvalue weighted by atomic mass is 10.2. The quantitative estimate of drug-likeness (QED) is 0.681. The molecule has 1 aliphatic rings. The van der Waals surface area contributed by atoms with Crippen molar-refractivity contribution in [3.05, 3.63) is 33.3 Å². The van der Waals surface area contributed by atoms with Crippen LogP contribution in [-0.2, 0) is 0 Å². The van der Waals surface area contributed by atoms with Crippen molar-refractivity contribution < 1.29 is 4.92 Å². The highest BCUT2D eigenvalue weighted by Gasteiger charge is 2.24. The van der Waals surface area contributed by atoms with Crippen molar-refractivity contribution in [1.82, 2.24) is 4.90 Å². The zero-order valence-corrected chi connectivity index (χ0v) is 11.9. The molecule has 0 saturated carbocycles. The van der Waals surface area contributed by atoms with Gasteiger partial charge in [0.1, 0.15) is 0 Å². The Hall–Kier alpha value is -1.33. The maximum Gasteiger partial charge on any atom is 0.271 e. The monoisotopic (exact) mass is 283 g/mol. The summed E-state index contributed by atoms with van der Waals surface area (Å²) in [5.41, 5.74) is 0.786. The van der Waals surface area contributed by atoms with Gasteiger partial charge in [0, 0.05) is 37.3 Å². The third-order valence-corrected chi connectivity index (χ3v) is 3.79. The van der Waals surface area contributed by atoms with Gasteiger partial charge in [-0.25, -0.2) is 0 Å². The fourth-order valence-electron chi connectivity index (χ4n) is 2.33. The van der Waals surface area contributed by atoms with Gasteiger partial charge in [0.2, 0.25) is 0 Å². The lowest BCUT2D eigenvalue weighted by Crippen LogP contribution is -2.31. The van der Waals surface area contributed by atoms with Crippen LogP contribution in [0.5, 0.6) is 0 Å². The topological polar surface area (TPSA) is 58.4 Å². The van der Waals surface area contributed by atoms with Crippen molar-refractivity contribution in [1.29, 1.82) is 0 Å². The molecule has 1 saturated heterocycles. The van der Waals surface area contributed by atoms with E-state index in [4.69, 9.17) is 11.6 Å². The Morgan fingerprint density at radius 2 is 2.26 bits per heavy atom. The molecule has 19 heavy (non-hydrogen) atoms. The molecule has 0 radical (unpaired) electrons. The molecule has 1 aromatic rings. The summed E-state index contributed by atoms with van der Waals surface area (Å²) in [5, 5.41) is 14.4. The number of nitrogens with zero attached hydrogens (tertiary/aromatic N) is 2. The first-order chi connectivity index (χ1) is 8.97. The molecule has 1 unspecified atom stereocenters. The Bertz CT molecular complexity index is 479. The fraction of sp³-hybridized carbons (Fsp3) is 0.538. The van der Waals surface area contributed by atoms with Crippen LogP contribution in [0.1, 0.15) is 20.3 Å². The van der Waals surface area contributed by atoms with Crippen LogP contribution < -0.4 is 5.32 Å². The predicted octanol–water partition coefficient (Wildman–Crippen LogP) is 3.14. The van der Waals surface area contributed by atoms with Gasteiger partial charge in [-0.2, -0.15) is 0 Å². The number of nitro groups is 1. The molecule has 5 nitrogen and oxygen atoms in total. The first kappa shape index (κ1) is 14.1. The van der Waals surface area contributed by atoms with Crippen molar-refractivity contribution in [2.75, 3.05) is 18.4 Å². The Kier molecular flexibility index (Phi) is 4.27. The van der Waals surface area contributed by atoms with E-state index in [0.717, 1.165) is 25.2 Å². The van der Waals surface area contributed by atoms with Crippen molar-refractivity contribution in [3.8, 4) is 0 Å². The summed E-state index contributed by atoms with van der Waals surface area (Å²) in [5.74, 6) is 0. The fourth-order valence-corrected chi connectivity index (χ4v) is 2.56. The highest BCUT2D eigenvalue weighted by Crippen LogP contribution is 2.28. The van der Waals surface area contributed by atoms with Crippen molar-refractivity contribution in [2.45, 2.75) is 32.4 Å². The average Bonchev–Trinajstić information content (AvgIpc) is 2.80. The van der Waals surface area contributed by atoms with Crippen LogP contribution in [0, 0.1) is 10.1 Å². The minimum Gasteiger partial charge on any atom is -0.380 e. The molecule has 0 bridgehead atoms. The Balaban J connectivity index is 2.02. The summed E-state index contributed by atoms with van der Waals surface area (Å²) in [6.45, 7) is 6.41. The molecule has 2 rings (SSSR count). The van der Waals surface area contributed by atoms with Crippen LogP contribution in [0.4, 0.5) is 11.4 Å². The Labute approximate surface area is 117 Å². The van der Waals surface area contributed by atoms with Gasteiger partial charge in [-0.3, -0.25) is 15.0 Å². The molecule has 0 aliphatic carbocycles. The minimum atomic E-state index is -0.439. The lowest BCUT2D eigenvalue weighted by Gasteiger charge is -2.21. The highest BCUT2D eigenvalue weighted by molar-refractivity contribution is 6.33. The van der Waals surface area contributed by atoms with Crippen LogP contribution >= 0.6 is 11.6 Å². The van der Waals surface area contributed by atoms with E-state index in [1.54, 1.807) is 6.07 Å². The molecule has 1 heterocycles. The van der Waals surface area contributed by atoms with Crippen molar-refractivity contribution in [2.24, 2.45) is 0 Å². The van der Waals surface area contributed by atoms with Gasteiger partial charge >= 0.3 is 0 Å². The first-order valence-electron chi connectivity index (χ1n) is 6.42. The number of non-ortho nitro benzene ring substituents is 1. The Morgan fingerprint density at radius 3 is 2.79 bits per heavy atom. The molecular formula is C13H18ClN3O2. The van der Waals surface area contributed by atoms with Crippen LogP contribution in [0.25, 0.3) is 0 Å². The third kappa shape index (κ3) is 3.36. The standard InChI is InChI=1S/C13H18ClN3O2/c1-9(2)16-6-5-10(8-16)15-13-4-3-11(17(18)19)7-12(13)14/h3-4,7,9-10,15H,5-6,8H2,1-2H3.